The van der Waals surface area contributed by atoms with E-state index >= 15 is 0 Å². The van der Waals surface area contributed by atoms with Gasteiger partial charge < -0.3 is 10.2 Å². The molecule has 2 aromatic carbocycles. The molecule has 0 aliphatic heterocycles. The number of phenols is 2. The van der Waals surface area contributed by atoms with Gasteiger partial charge in [0, 0.05) is 24.8 Å². The van der Waals surface area contributed by atoms with Crippen molar-refractivity contribution in [3.8, 4) is 11.5 Å². The lowest BCUT2D eigenvalue weighted by Gasteiger charge is -1.94. The van der Waals surface area contributed by atoms with Crippen molar-refractivity contribution in [1.29, 1.82) is 0 Å². The molecule has 0 amide bonds. The molecule has 0 radical (unpaired) electrons. The van der Waals surface area contributed by atoms with Gasteiger partial charge in [-0.1, -0.05) is 24.3 Å². The highest BCUT2D eigenvalue weighted by Gasteiger charge is 1.91. The number of hydrogen-bond donors (Lipinski definition) is 2. The molecule has 2 N–H and O–H groups in total. The van der Waals surface area contributed by atoms with Crippen LogP contribution in [-0.4, -0.2) is 32.6 Å². The van der Waals surface area contributed by atoms with E-state index < -0.39 is 0 Å². The zero-order valence-corrected chi connectivity index (χ0v) is 16.1. The van der Waals surface area contributed by atoms with Crippen LogP contribution in [0.3, 0.4) is 0 Å². The van der Waals surface area contributed by atoms with Gasteiger partial charge in [0.25, 0.3) is 0 Å². The first kappa shape index (κ1) is 20.4. The maximum Gasteiger partial charge on any atom is 0.116 e. The van der Waals surface area contributed by atoms with Crippen LogP contribution < -0.4 is 0 Å². The van der Waals surface area contributed by atoms with E-state index in [0.29, 0.717) is 0 Å². The predicted octanol–water partition coefficient (Wildman–Crippen LogP) is 5.08. The van der Waals surface area contributed by atoms with Crippen LogP contribution in [0, 0.1) is 0 Å². The quantitative estimate of drug-likeness (QED) is 0.471. The minimum absolute atomic E-state index is 0.241. The largest absolute Gasteiger partial charge is 0.508 e. The van der Waals surface area contributed by atoms with Crippen molar-refractivity contribution in [2.45, 2.75) is 0 Å². The summed E-state index contributed by atoms with van der Waals surface area (Å²) in [5, 5.41) is 18.5. The van der Waals surface area contributed by atoms with Gasteiger partial charge in [-0.25, -0.2) is 0 Å². The molecule has 0 atom stereocenters. The second-order valence-electron chi connectivity index (χ2n) is 6.13. The van der Waals surface area contributed by atoms with Crippen LogP contribution in [0.15, 0.2) is 108 Å². The molecule has 0 saturated carbocycles. The summed E-state index contributed by atoms with van der Waals surface area (Å²) >= 11 is 0. The maximum absolute atomic E-state index is 9.24. The van der Waals surface area contributed by atoms with Gasteiger partial charge in [0.1, 0.15) is 11.5 Å². The summed E-state index contributed by atoms with van der Waals surface area (Å²) in [5.41, 5.74) is 3.30. The second kappa shape index (κ2) is 10.9. The van der Waals surface area contributed by atoms with Gasteiger partial charge in [0.2, 0.25) is 0 Å². The van der Waals surface area contributed by atoms with Gasteiger partial charge in [-0.15, -0.1) is 0 Å². The smallest absolute Gasteiger partial charge is 0.116 e. The Morgan fingerprint density at radius 3 is 1.43 bits per heavy atom. The molecule has 0 saturated heterocycles. The number of aromatic nitrogens is 2. The summed E-state index contributed by atoms with van der Waals surface area (Å²) in [5.74, 6) is 0.482. The third kappa shape index (κ3) is 7.01. The topological polar surface area (TPSA) is 91.0 Å². The first-order valence-electron chi connectivity index (χ1n) is 9.15. The molecule has 2 heterocycles. The maximum atomic E-state index is 9.24. The standard InChI is InChI=1S/2C12H10N2O/c2*15-12-5-1-3-10(7-12)8-14-11-4-2-6-13-9-11/h2*1-9,15H. The molecule has 30 heavy (non-hydrogen) atoms. The molecule has 4 rings (SSSR count). The first-order valence-corrected chi connectivity index (χ1v) is 9.15. The van der Waals surface area contributed by atoms with Gasteiger partial charge >= 0.3 is 0 Å². The average molecular weight is 396 g/mol. The highest BCUT2D eigenvalue weighted by molar-refractivity contribution is 5.82. The van der Waals surface area contributed by atoms with Gasteiger partial charge in [-0.2, -0.15) is 0 Å². The molecule has 0 bridgehead atoms. The van der Waals surface area contributed by atoms with Crippen LogP contribution >= 0.6 is 0 Å². The summed E-state index contributed by atoms with van der Waals surface area (Å²) in [4.78, 5) is 16.3. The lowest BCUT2D eigenvalue weighted by Crippen LogP contribution is -1.79. The number of nitrogens with zero attached hydrogens (tertiary/aromatic N) is 4. The van der Waals surface area contributed by atoms with Crippen LogP contribution in [0.25, 0.3) is 0 Å². The zero-order valence-electron chi connectivity index (χ0n) is 16.1. The van der Waals surface area contributed by atoms with Gasteiger partial charge in [0.05, 0.1) is 23.8 Å². The Morgan fingerprint density at radius 1 is 0.600 bits per heavy atom. The van der Waals surface area contributed by atoms with Crippen molar-refractivity contribution in [3.05, 3.63) is 109 Å². The minimum Gasteiger partial charge on any atom is -0.508 e. The summed E-state index contributed by atoms with van der Waals surface area (Å²) in [6.07, 6.45) is 10.1. The number of rotatable bonds is 4. The van der Waals surface area contributed by atoms with Crippen molar-refractivity contribution in [1.82, 2.24) is 9.97 Å². The van der Waals surface area contributed by atoms with Crippen LogP contribution in [0.4, 0.5) is 11.4 Å². The zero-order chi connectivity index (χ0) is 21.0. The fraction of sp³-hybridized carbons (Fsp3) is 0. The van der Waals surface area contributed by atoms with Crippen molar-refractivity contribution >= 4 is 23.8 Å². The molecule has 6 nitrogen and oxygen atoms in total. The van der Waals surface area contributed by atoms with Crippen LogP contribution in [-0.2, 0) is 0 Å². The van der Waals surface area contributed by atoms with E-state index in [1.54, 1.807) is 73.6 Å². The Kier molecular flexibility index (Phi) is 7.40. The second-order valence-corrected chi connectivity index (χ2v) is 6.13. The SMILES string of the molecule is Oc1cccc(C=Nc2cccnc2)c1.Oc1cccc(C=Nc2cccnc2)c1. The van der Waals surface area contributed by atoms with E-state index in [1.165, 1.54) is 0 Å². The lowest BCUT2D eigenvalue weighted by atomic mass is 10.2. The Bertz CT molecular complexity index is 1020. The molecule has 0 aliphatic carbocycles. The predicted molar refractivity (Wildman–Crippen MR) is 119 cm³/mol. The molecule has 0 aliphatic rings. The van der Waals surface area contributed by atoms with Crippen molar-refractivity contribution in [3.63, 3.8) is 0 Å². The fourth-order valence-corrected chi connectivity index (χ4v) is 2.37. The molecule has 0 unspecified atom stereocenters. The van der Waals surface area contributed by atoms with E-state index in [1.807, 2.05) is 36.4 Å². The average Bonchev–Trinajstić information content (AvgIpc) is 2.78. The number of phenolic OH excluding ortho intramolecular Hbond substituents is 2. The van der Waals surface area contributed by atoms with Crippen LogP contribution in [0.5, 0.6) is 11.5 Å². The van der Waals surface area contributed by atoms with Gasteiger partial charge in [-0.3, -0.25) is 20.0 Å². The number of hydrogen-bond acceptors (Lipinski definition) is 6. The Balaban J connectivity index is 0.000000171. The fourth-order valence-electron chi connectivity index (χ4n) is 2.37. The Morgan fingerprint density at radius 2 is 1.07 bits per heavy atom. The molecule has 2 aromatic heterocycles. The summed E-state index contributed by atoms with van der Waals surface area (Å²) < 4.78 is 0. The van der Waals surface area contributed by atoms with E-state index in [2.05, 4.69) is 20.0 Å². The van der Waals surface area contributed by atoms with Crippen molar-refractivity contribution in [2.24, 2.45) is 9.98 Å². The molecular formula is C24H20N4O2. The normalized spacial score (nSPS) is 10.7. The molecule has 6 heteroatoms. The Hall–Kier alpha value is -4.32. The number of aromatic hydroxyl groups is 2. The van der Waals surface area contributed by atoms with E-state index in [0.717, 1.165) is 22.5 Å². The third-order valence-electron chi connectivity index (χ3n) is 3.76. The highest BCUT2D eigenvalue weighted by Crippen LogP contribution is 2.13. The van der Waals surface area contributed by atoms with Crippen LogP contribution in [0.1, 0.15) is 11.1 Å². The molecule has 0 spiro atoms. The third-order valence-corrected chi connectivity index (χ3v) is 3.76. The lowest BCUT2D eigenvalue weighted by molar-refractivity contribution is 0.474. The van der Waals surface area contributed by atoms with E-state index in [-0.39, 0.29) is 11.5 Å². The monoisotopic (exact) mass is 396 g/mol. The van der Waals surface area contributed by atoms with Crippen LogP contribution in [0.2, 0.25) is 0 Å². The molecule has 148 valence electrons. The highest BCUT2D eigenvalue weighted by atomic mass is 16.3. The number of benzene rings is 2. The molecule has 4 aromatic rings. The first-order chi connectivity index (χ1) is 14.7. The summed E-state index contributed by atoms with van der Waals surface area (Å²) in [6.45, 7) is 0. The van der Waals surface area contributed by atoms with E-state index in [4.69, 9.17) is 0 Å². The number of aliphatic imine (C=N–C) groups is 2. The van der Waals surface area contributed by atoms with E-state index in [9.17, 15) is 10.2 Å². The minimum atomic E-state index is 0.241. The summed E-state index contributed by atoms with van der Waals surface area (Å²) in [7, 11) is 0. The van der Waals surface area contributed by atoms with Crippen molar-refractivity contribution < 1.29 is 10.2 Å². The molecule has 0 fully saturated rings. The summed E-state index contributed by atoms with van der Waals surface area (Å²) in [6, 6.07) is 21.3. The van der Waals surface area contributed by atoms with Crippen molar-refractivity contribution in [2.75, 3.05) is 0 Å². The molecular weight excluding hydrogens is 376 g/mol. The Labute approximate surface area is 174 Å². The van der Waals surface area contributed by atoms with Gasteiger partial charge in [-0.05, 0) is 59.7 Å². The van der Waals surface area contributed by atoms with Gasteiger partial charge in [0.15, 0.2) is 0 Å². The number of pyridine rings is 2.